The fourth-order valence-electron chi connectivity index (χ4n) is 1.81. The van der Waals surface area contributed by atoms with Gasteiger partial charge in [-0.15, -0.1) is 0 Å². The van der Waals surface area contributed by atoms with Crippen LogP contribution >= 0.6 is 0 Å². The Morgan fingerprint density at radius 3 is 2.41 bits per heavy atom. The molecule has 1 aromatic carbocycles. The number of hydrogen-bond acceptors (Lipinski definition) is 3. The van der Waals surface area contributed by atoms with Crippen LogP contribution in [0.25, 0.3) is 0 Å². The predicted octanol–water partition coefficient (Wildman–Crippen LogP) is -1.72. The number of aromatic nitrogens is 1. The van der Waals surface area contributed by atoms with Crippen molar-refractivity contribution >= 4 is 23.2 Å². The van der Waals surface area contributed by atoms with Crippen molar-refractivity contribution in [3.8, 4) is 5.75 Å². The monoisotopic (exact) mass is 321 g/mol. The zero-order valence-electron chi connectivity index (χ0n) is 11.9. The van der Waals surface area contributed by atoms with Crippen LogP contribution in [0.15, 0.2) is 48.8 Å². The Bertz CT molecular complexity index is 662. The zero-order valence-corrected chi connectivity index (χ0v) is 12.7. The average molecular weight is 322 g/mol. The normalized spacial score (nSPS) is 9.50. The summed E-state index contributed by atoms with van der Waals surface area (Å²) < 4.78 is 1.72. The Balaban J connectivity index is 0.00000242. The topological polar surface area (TPSA) is 82.3 Å². The third-order valence-corrected chi connectivity index (χ3v) is 2.70. The summed E-state index contributed by atoms with van der Waals surface area (Å²) in [6.45, 7) is 1.53. The Morgan fingerprint density at radius 2 is 1.82 bits per heavy atom. The van der Waals surface area contributed by atoms with Gasteiger partial charge in [0.05, 0.1) is 5.69 Å². The molecular formula is C15H16ClN3O3. The van der Waals surface area contributed by atoms with Crippen molar-refractivity contribution in [1.29, 1.82) is 0 Å². The number of phenolic OH excluding ortho intramolecular Hbond substituents is 1. The van der Waals surface area contributed by atoms with Gasteiger partial charge >= 0.3 is 0 Å². The molecule has 3 N–H and O–H groups in total. The summed E-state index contributed by atoms with van der Waals surface area (Å²) in [4.78, 5) is 22.8. The molecule has 1 aromatic heterocycles. The second kappa shape index (κ2) is 7.99. The van der Waals surface area contributed by atoms with E-state index in [1.54, 1.807) is 23.0 Å². The number of anilines is 2. The maximum absolute atomic E-state index is 11.9. The van der Waals surface area contributed by atoms with Crippen LogP contribution in [0, 0.1) is 0 Å². The maximum atomic E-state index is 11.9. The van der Waals surface area contributed by atoms with Gasteiger partial charge in [-0.2, -0.15) is 4.57 Å². The molecule has 0 saturated heterocycles. The van der Waals surface area contributed by atoms with Crippen molar-refractivity contribution < 1.29 is 31.7 Å². The van der Waals surface area contributed by atoms with Crippen LogP contribution in [0.1, 0.15) is 6.92 Å². The number of nitrogens with zero attached hydrogens (tertiary/aromatic N) is 1. The van der Waals surface area contributed by atoms with Gasteiger partial charge in [-0.1, -0.05) is 6.07 Å². The summed E-state index contributed by atoms with van der Waals surface area (Å²) in [5.74, 6) is -0.590. The molecule has 2 amide bonds. The fraction of sp³-hybridized carbons (Fsp3) is 0.133. The van der Waals surface area contributed by atoms with Crippen LogP contribution in [0.5, 0.6) is 5.75 Å². The second-order valence-electron chi connectivity index (χ2n) is 4.51. The first-order valence-corrected chi connectivity index (χ1v) is 6.39. The first-order chi connectivity index (χ1) is 10.0. The minimum atomic E-state index is -0.256. The lowest BCUT2D eigenvalue weighted by molar-refractivity contribution is -0.684. The first-order valence-electron chi connectivity index (χ1n) is 6.39. The lowest BCUT2D eigenvalue weighted by Gasteiger charge is -2.08. The molecule has 0 atom stereocenters. The number of nitrogens with one attached hydrogen (secondary N) is 2. The third-order valence-electron chi connectivity index (χ3n) is 2.70. The van der Waals surface area contributed by atoms with E-state index < -0.39 is 0 Å². The number of pyridine rings is 1. The van der Waals surface area contributed by atoms with Crippen molar-refractivity contribution in [3.63, 3.8) is 0 Å². The summed E-state index contributed by atoms with van der Waals surface area (Å²) in [6.07, 6.45) is 3.55. The summed E-state index contributed by atoms with van der Waals surface area (Å²) in [5, 5.41) is 15.0. The molecule has 0 fully saturated rings. The number of amides is 2. The summed E-state index contributed by atoms with van der Waals surface area (Å²) in [7, 11) is 0. The average Bonchev–Trinajstić information content (AvgIpc) is 2.42. The van der Waals surface area contributed by atoms with Crippen LogP contribution in [0.4, 0.5) is 11.4 Å². The number of rotatable bonds is 4. The van der Waals surface area contributed by atoms with E-state index in [0.717, 1.165) is 0 Å². The Labute approximate surface area is 134 Å². The molecule has 0 unspecified atom stereocenters. The van der Waals surface area contributed by atoms with Gasteiger partial charge in [-0.05, 0) is 12.1 Å². The van der Waals surface area contributed by atoms with Gasteiger partial charge in [0.1, 0.15) is 5.75 Å². The quantitative estimate of drug-likeness (QED) is 0.463. The lowest BCUT2D eigenvalue weighted by Crippen LogP contribution is -3.00. The first kappa shape index (κ1) is 17.5. The third kappa shape index (κ3) is 5.06. The van der Waals surface area contributed by atoms with Gasteiger partial charge in [0, 0.05) is 30.8 Å². The van der Waals surface area contributed by atoms with E-state index in [1.807, 2.05) is 18.2 Å². The molecular weight excluding hydrogens is 306 g/mol. The molecule has 2 aromatic rings. The number of phenols is 1. The van der Waals surface area contributed by atoms with Crippen molar-refractivity contribution in [2.24, 2.45) is 0 Å². The molecule has 7 heteroatoms. The van der Waals surface area contributed by atoms with Crippen LogP contribution in [-0.4, -0.2) is 16.9 Å². The van der Waals surface area contributed by atoms with Crippen LogP contribution in [0.2, 0.25) is 0 Å². The van der Waals surface area contributed by atoms with Gasteiger partial charge in [0.25, 0.3) is 5.91 Å². The van der Waals surface area contributed by atoms with Crippen molar-refractivity contribution in [2.45, 2.75) is 13.5 Å². The zero-order chi connectivity index (χ0) is 15.2. The highest BCUT2D eigenvalue weighted by Gasteiger charge is 2.11. The Morgan fingerprint density at radius 1 is 1.14 bits per heavy atom. The second-order valence-corrected chi connectivity index (χ2v) is 4.51. The summed E-state index contributed by atoms with van der Waals surface area (Å²) in [6, 6.07) is 10.0. The van der Waals surface area contributed by atoms with E-state index in [0.29, 0.717) is 11.4 Å². The molecule has 6 nitrogen and oxygen atoms in total. The predicted molar refractivity (Wildman–Crippen MR) is 77.7 cm³/mol. The molecule has 0 aliphatic heterocycles. The molecule has 1 heterocycles. The number of hydrogen-bond donors (Lipinski definition) is 3. The van der Waals surface area contributed by atoms with E-state index in [9.17, 15) is 14.7 Å². The largest absolute Gasteiger partial charge is 1.00 e. The number of carbonyl (C=O) groups is 2. The van der Waals surface area contributed by atoms with Crippen LogP contribution in [0.3, 0.4) is 0 Å². The molecule has 0 radical (unpaired) electrons. The van der Waals surface area contributed by atoms with Gasteiger partial charge < -0.3 is 28.1 Å². The number of benzene rings is 1. The molecule has 0 saturated carbocycles. The number of halogens is 1. The molecule has 0 spiro atoms. The van der Waals surface area contributed by atoms with E-state index in [4.69, 9.17) is 0 Å². The number of carbonyl (C=O) groups excluding carboxylic acids is 2. The highest BCUT2D eigenvalue weighted by atomic mass is 35.5. The minimum Gasteiger partial charge on any atom is -1.00 e. The Hall–Kier alpha value is -2.60. The van der Waals surface area contributed by atoms with Gasteiger partial charge in [0.15, 0.2) is 12.4 Å². The fourth-order valence-corrected chi connectivity index (χ4v) is 1.81. The van der Waals surface area contributed by atoms with Crippen molar-refractivity contribution in [3.05, 3.63) is 48.8 Å². The van der Waals surface area contributed by atoms with E-state index >= 15 is 0 Å². The SMILES string of the molecule is CC(=O)Nc1ccc(NC(=O)C[n+]2ccccc2)c(O)c1.[Cl-]. The van der Waals surface area contributed by atoms with Crippen LogP contribution in [-0.2, 0) is 16.1 Å². The minimum absolute atomic E-state index is 0. The van der Waals surface area contributed by atoms with Gasteiger partial charge in [-0.25, -0.2) is 0 Å². The lowest BCUT2D eigenvalue weighted by atomic mass is 10.2. The van der Waals surface area contributed by atoms with Gasteiger partial charge in [-0.3, -0.25) is 9.59 Å². The molecule has 2 rings (SSSR count). The number of aromatic hydroxyl groups is 1. The molecule has 116 valence electrons. The highest BCUT2D eigenvalue weighted by Crippen LogP contribution is 2.26. The Kier molecular flexibility index (Phi) is 6.34. The molecule has 0 aliphatic carbocycles. The summed E-state index contributed by atoms with van der Waals surface area (Å²) in [5.41, 5.74) is 0.765. The van der Waals surface area contributed by atoms with E-state index in [2.05, 4.69) is 10.6 Å². The summed E-state index contributed by atoms with van der Waals surface area (Å²) >= 11 is 0. The smallest absolute Gasteiger partial charge is 0.290 e. The molecule has 22 heavy (non-hydrogen) atoms. The van der Waals surface area contributed by atoms with E-state index in [1.165, 1.54) is 19.1 Å². The van der Waals surface area contributed by atoms with Gasteiger partial charge in [0.2, 0.25) is 12.5 Å². The molecule has 0 aliphatic rings. The van der Waals surface area contributed by atoms with Crippen molar-refractivity contribution in [1.82, 2.24) is 0 Å². The van der Waals surface area contributed by atoms with Crippen LogP contribution < -0.4 is 27.6 Å². The highest BCUT2D eigenvalue weighted by molar-refractivity contribution is 5.93. The molecule has 0 bridgehead atoms. The maximum Gasteiger partial charge on any atom is 0.290 e. The van der Waals surface area contributed by atoms with Crippen molar-refractivity contribution in [2.75, 3.05) is 10.6 Å². The standard InChI is InChI=1S/C15H15N3O3.ClH/c1-11(19)16-12-5-6-13(14(20)9-12)17-15(21)10-18-7-3-2-4-8-18;/h2-9H,10H2,1H3,(H2-,16,17,19,20,21);1H. The van der Waals surface area contributed by atoms with E-state index in [-0.39, 0.29) is 36.5 Å².